The molecule has 0 fully saturated rings. The first-order chi connectivity index (χ1) is 13.8. The van der Waals surface area contributed by atoms with Crippen molar-refractivity contribution in [2.75, 3.05) is 10.1 Å². The van der Waals surface area contributed by atoms with Gasteiger partial charge in [-0.3, -0.25) is 20.3 Å². The maximum Gasteiger partial charge on any atom is 0.270 e. The number of nitrogens with one attached hydrogen (secondary N) is 2. The van der Waals surface area contributed by atoms with E-state index in [9.17, 15) is 18.5 Å². The number of nitro benzene ring substituents is 1. The van der Waals surface area contributed by atoms with Crippen molar-refractivity contribution in [3.05, 3.63) is 81.8 Å². The number of hydrogen-bond acceptors (Lipinski definition) is 7. The summed E-state index contributed by atoms with van der Waals surface area (Å²) in [5.41, 5.74) is 2.88. The third-order valence-corrected chi connectivity index (χ3v) is 5.54. The summed E-state index contributed by atoms with van der Waals surface area (Å²) in [6.07, 6.45) is 1.48. The highest BCUT2D eigenvalue weighted by Gasteiger charge is 2.23. The average Bonchev–Trinajstić information content (AvgIpc) is 3.22. The molecule has 0 radical (unpaired) electrons. The van der Waals surface area contributed by atoms with Crippen LogP contribution in [0.3, 0.4) is 0 Å². The zero-order chi connectivity index (χ0) is 21.0. The molecule has 1 heterocycles. The average molecular weight is 435 g/mol. The Morgan fingerprint density at radius 1 is 1.14 bits per heavy atom. The number of hydrazone groups is 1. The molecule has 0 amide bonds. The number of benzene rings is 2. The molecule has 3 aromatic rings. The van der Waals surface area contributed by atoms with Crippen LogP contribution in [0.4, 0.5) is 17.1 Å². The largest absolute Gasteiger partial charge is 0.463 e. The van der Waals surface area contributed by atoms with E-state index < -0.39 is 14.9 Å². The van der Waals surface area contributed by atoms with Gasteiger partial charge >= 0.3 is 0 Å². The molecular weight excluding hydrogens is 420 g/mol. The lowest BCUT2D eigenvalue weighted by Crippen LogP contribution is -2.15. The molecule has 0 aliphatic carbocycles. The summed E-state index contributed by atoms with van der Waals surface area (Å²) in [7, 11) is -4.22. The first kappa shape index (κ1) is 20.4. The minimum Gasteiger partial charge on any atom is -0.463 e. The van der Waals surface area contributed by atoms with Crippen LogP contribution in [0.2, 0.25) is 5.02 Å². The van der Waals surface area contributed by atoms with Crippen molar-refractivity contribution in [2.24, 2.45) is 5.10 Å². The molecule has 2 aromatic carbocycles. The Kier molecular flexibility index (Phi) is 5.85. The molecule has 0 aliphatic rings. The monoisotopic (exact) mass is 434 g/mol. The number of anilines is 2. The molecule has 0 saturated heterocycles. The summed E-state index contributed by atoms with van der Waals surface area (Å²) >= 11 is 6.02. The molecule has 150 valence electrons. The molecule has 0 saturated carbocycles. The highest BCUT2D eigenvalue weighted by Crippen LogP contribution is 2.30. The zero-order valence-corrected chi connectivity index (χ0v) is 16.6. The van der Waals surface area contributed by atoms with Crippen molar-refractivity contribution in [1.82, 2.24) is 0 Å². The Hall–Kier alpha value is -3.37. The summed E-state index contributed by atoms with van der Waals surface area (Å²) < 4.78 is 33.4. The van der Waals surface area contributed by atoms with E-state index in [0.29, 0.717) is 11.5 Å². The second-order valence-corrected chi connectivity index (χ2v) is 7.87. The molecule has 0 unspecified atom stereocenters. The summed E-state index contributed by atoms with van der Waals surface area (Å²) in [5, 5.41) is 15.4. The maximum absolute atomic E-state index is 12.9. The van der Waals surface area contributed by atoms with E-state index in [1.807, 2.05) is 0 Å². The van der Waals surface area contributed by atoms with E-state index in [0.717, 1.165) is 6.07 Å². The number of hydrogen-bond donors (Lipinski definition) is 2. The molecule has 2 N–H and O–H groups in total. The summed E-state index contributed by atoms with van der Waals surface area (Å²) in [6.45, 7) is 1.66. The number of sulfonamides is 1. The number of halogens is 1. The lowest BCUT2D eigenvalue weighted by molar-refractivity contribution is -0.385. The zero-order valence-electron chi connectivity index (χ0n) is 15.0. The Morgan fingerprint density at radius 2 is 1.90 bits per heavy atom. The fourth-order valence-electron chi connectivity index (χ4n) is 2.37. The SMILES string of the molecule is C/C(=N\Nc1ccc([N+](=O)[O-])cc1S(=O)(=O)Nc1ccccc1Cl)c1ccco1. The maximum atomic E-state index is 12.9. The molecule has 11 heteroatoms. The van der Waals surface area contributed by atoms with Crippen molar-refractivity contribution < 1.29 is 17.8 Å². The number of furan rings is 1. The highest BCUT2D eigenvalue weighted by molar-refractivity contribution is 7.93. The number of nitrogens with zero attached hydrogens (tertiary/aromatic N) is 2. The van der Waals surface area contributed by atoms with Crippen LogP contribution < -0.4 is 10.1 Å². The van der Waals surface area contributed by atoms with Gasteiger partial charge < -0.3 is 4.42 Å². The van der Waals surface area contributed by atoms with Crippen molar-refractivity contribution in [3.8, 4) is 0 Å². The molecule has 0 aliphatic heterocycles. The van der Waals surface area contributed by atoms with Crippen LogP contribution in [-0.4, -0.2) is 19.1 Å². The van der Waals surface area contributed by atoms with Crippen molar-refractivity contribution >= 4 is 44.4 Å². The quantitative estimate of drug-likeness (QED) is 0.320. The minimum atomic E-state index is -4.22. The summed E-state index contributed by atoms with van der Waals surface area (Å²) in [5.74, 6) is 0.484. The Balaban J connectivity index is 2.01. The van der Waals surface area contributed by atoms with Gasteiger partial charge in [-0.2, -0.15) is 5.10 Å². The van der Waals surface area contributed by atoms with Crippen LogP contribution >= 0.6 is 11.6 Å². The van der Waals surface area contributed by atoms with Gasteiger partial charge in [-0.1, -0.05) is 23.7 Å². The molecule has 29 heavy (non-hydrogen) atoms. The third kappa shape index (κ3) is 4.73. The first-order valence-electron chi connectivity index (χ1n) is 8.18. The third-order valence-electron chi connectivity index (χ3n) is 3.81. The predicted molar refractivity (Wildman–Crippen MR) is 110 cm³/mol. The van der Waals surface area contributed by atoms with E-state index in [1.54, 1.807) is 31.2 Å². The smallest absolute Gasteiger partial charge is 0.270 e. The second kappa shape index (κ2) is 8.33. The van der Waals surface area contributed by atoms with Crippen LogP contribution in [-0.2, 0) is 10.0 Å². The molecule has 9 nitrogen and oxygen atoms in total. The fourth-order valence-corrected chi connectivity index (χ4v) is 3.86. The van der Waals surface area contributed by atoms with E-state index in [2.05, 4.69) is 15.2 Å². The molecule has 0 atom stereocenters. The van der Waals surface area contributed by atoms with Crippen molar-refractivity contribution in [2.45, 2.75) is 11.8 Å². The molecule has 1 aromatic heterocycles. The lowest BCUT2D eigenvalue weighted by atomic mass is 10.3. The van der Waals surface area contributed by atoms with Crippen LogP contribution in [0.25, 0.3) is 0 Å². The Bertz CT molecular complexity index is 1180. The lowest BCUT2D eigenvalue weighted by Gasteiger charge is -2.13. The molecular formula is C18H15ClN4O5S. The highest BCUT2D eigenvalue weighted by atomic mass is 35.5. The van der Waals surface area contributed by atoms with Gasteiger partial charge in [0.15, 0.2) is 0 Å². The topological polar surface area (TPSA) is 127 Å². The molecule has 0 bridgehead atoms. The van der Waals surface area contributed by atoms with Gasteiger partial charge in [0.05, 0.1) is 27.6 Å². The number of para-hydroxylation sites is 1. The minimum absolute atomic E-state index is 0.0426. The standard InChI is InChI=1S/C18H15ClN4O5S/c1-12(17-7-4-10-28-17)20-21-16-9-8-13(23(24)25)11-18(16)29(26,27)22-15-6-3-2-5-14(15)19/h2-11,21-22H,1H3/b20-12+. The Labute approximate surface area is 171 Å². The summed E-state index contributed by atoms with van der Waals surface area (Å²) in [4.78, 5) is 10.1. The van der Waals surface area contributed by atoms with Crippen molar-refractivity contribution in [3.63, 3.8) is 0 Å². The van der Waals surface area contributed by atoms with Crippen molar-refractivity contribution in [1.29, 1.82) is 0 Å². The van der Waals surface area contributed by atoms with Gasteiger partial charge in [0.1, 0.15) is 16.4 Å². The van der Waals surface area contributed by atoms with E-state index in [1.165, 1.54) is 30.5 Å². The van der Waals surface area contributed by atoms with Gasteiger partial charge in [-0.25, -0.2) is 8.42 Å². The number of non-ortho nitro benzene ring substituents is 1. The van der Waals surface area contributed by atoms with Gasteiger partial charge in [0, 0.05) is 12.1 Å². The summed E-state index contributed by atoms with van der Waals surface area (Å²) in [6, 6.07) is 13.0. The van der Waals surface area contributed by atoms with Crippen LogP contribution in [0, 0.1) is 10.1 Å². The second-order valence-electron chi connectivity index (χ2n) is 5.81. The van der Waals surface area contributed by atoms with Gasteiger partial charge in [-0.05, 0) is 37.3 Å². The van der Waals surface area contributed by atoms with Crippen LogP contribution in [0.1, 0.15) is 12.7 Å². The predicted octanol–water partition coefficient (Wildman–Crippen LogP) is 4.48. The first-order valence-corrected chi connectivity index (χ1v) is 10.0. The number of rotatable bonds is 7. The van der Waals surface area contributed by atoms with E-state index in [-0.39, 0.29) is 27.0 Å². The van der Waals surface area contributed by atoms with E-state index in [4.69, 9.17) is 16.0 Å². The van der Waals surface area contributed by atoms with Crippen LogP contribution in [0.15, 0.2) is 75.3 Å². The van der Waals surface area contributed by atoms with Gasteiger partial charge in [0.25, 0.3) is 15.7 Å². The molecule has 0 spiro atoms. The van der Waals surface area contributed by atoms with Gasteiger partial charge in [0.2, 0.25) is 0 Å². The fraction of sp³-hybridized carbons (Fsp3) is 0.0556. The Morgan fingerprint density at radius 3 is 2.55 bits per heavy atom. The van der Waals surface area contributed by atoms with Gasteiger partial charge in [-0.15, -0.1) is 0 Å². The number of nitro groups is 1. The van der Waals surface area contributed by atoms with Crippen LogP contribution in [0.5, 0.6) is 0 Å². The normalized spacial score (nSPS) is 11.9. The molecule has 3 rings (SSSR count). The van der Waals surface area contributed by atoms with E-state index >= 15 is 0 Å².